The van der Waals surface area contributed by atoms with Gasteiger partial charge in [-0.3, -0.25) is 4.79 Å². The van der Waals surface area contributed by atoms with Crippen molar-refractivity contribution in [1.82, 2.24) is 4.57 Å². The summed E-state index contributed by atoms with van der Waals surface area (Å²) >= 11 is 3.47. The maximum Gasteiger partial charge on any atom is 0.340 e. The highest BCUT2D eigenvalue weighted by Gasteiger charge is 2.17. The van der Waals surface area contributed by atoms with Crippen LogP contribution < -0.4 is 0 Å². The molecule has 112 valence electrons. The Hall–Kier alpha value is -1.82. The Morgan fingerprint density at radius 1 is 1.24 bits per heavy atom. The van der Waals surface area contributed by atoms with Crippen LogP contribution in [-0.2, 0) is 20.8 Å². The molecule has 21 heavy (non-hydrogen) atoms. The molecule has 1 aromatic heterocycles. The standard InChI is InChI=1S/C15H16BrNO4/c1-20-13(18)7-4-8-17-9-10(15(19)21-2)14-11(16)5-3-6-12(14)17/h3,5-6,9H,4,7-8H2,1-2H3. The molecular formula is C15H16BrNO4. The van der Waals surface area contributed by atoms with Crippen molar-refractivity contribution in [2.24, 2.45) is 0 Å². The Morgan fingerprint density at radius 3 is 2.67 bits per heavy atom. The van der Waals surface area contributed by atoms with Crippen molar-refractivity contribution in [2.45, 2.75) is 19.4 Å². The molecule has 1 aromatic carbocycles. The van der Waals surface area contributed by atoms with Crippen molar-refractivity contribution < 1.29 is 19.1 Å². The highest BCUT2D eigenvalue weighted by Crippen LogP contribution is 2.29. The normalized spacial score (nSPS) is 10.6. The Morgan fingerprint density at radius 2 is 2.00 bits per heavy atom. The van der Waals surface area contributed by atoms with Gasteiger partial charge in [0.2, 0.25) is 0 Å². The molecule has 0 saturated carbocycles. The number of rotatable bonds is 5. The van der Waals surface area contributed by atoms with E-state index >= 15 is 0 Å². The van der Waals surface area contributed by atoms with Crippen LogP contribution in [0.1, 0.15) is 23.2 Å². The van der Waals surface area contributed by atoms with Crippen molar-refractivity contribution in [2.75, 3.05) is 14.2 Å². The van der Waals surface area contributed by atoms with Crippen LogP contribution in [-0.4, -0.2) is 30.7 Å². The molecule has 0 bridgehead atoms. The van der Waals surface area contributed by atoms with E-state index in [4.69, 9.17) is 4.74 Å². The fourth-order valence-corrected chi connectivity index (χ4v) is 2.82. The molecule has 1 heterocycles. The first-order valence-electron chi connectivity index (χ1n) is 6.51. The number of hydrogen-bond acceptors (Lipinski definition) is 4. The molecule has 0 spiro atoms. The summed E-state index contributed by atoms with van der Waals surface area (Å²) < 4.78 is 12.2. The van der Waals surface area contributed by atoms with Gasteiger partial charge in [-0.25, -0.2) is 4.79 Å². The van der Waals surface area contributed by atoms with E-state index in [2.05, 4.69) is 20.7 Å². The van der Waals surface area contributed by atoms with Gasteiger partial charge >= 0.3 is 11.9 Å². The lowest BCUT2D eigenvalue weighted by Gasteiger charge is -2.04. The van der Waals surface area contributed by atoms with Gasteiger partial charge in [0.1, 0.15) is 0 Å². The zero-order valence-corrected chi connectivity index (χ0v) is 13.5. The van der Waals surface area contributed by atoms with Gasteiger partial charge in [0.05, 0.1) is 25.3 Å². The molecule has 0 aliphatic rings. The maximum atomic E-state index is 11.9. The average molecular weight is 354 g/mol. The van der Waals surface area contributed by atoms with Crippen molar-refractivity contribution in [3.63, 3.8) is 0 Å². The Bertz CT molecular complexity index is 678. The molecule has 0 unspecified atom stereocenters. The summed E-state index contributed by atoms with van der Waals surface area (Å²) in [5, 5.41) is 0.822. The van der Waals surface area contributed by atoms with Gasteiger partial charge in [-0.05, 0) is 18.6 Å². The number of hydrogen-bond donors (Lipinski definition) is 0. The van der Waals surface area contributed by atoms with E-state index in [0.29, 0.717) is 24.9 Å². The average Bonchev–Trinajstić information content (AvgIpc) is 2.86. The van der Waals surface area contributed by atoms with Gasteiger partial charge in [-0.15, -0.1) is 0 Å². The predicted molar refractivity (Wildman–Crippen MR) is 82.2 cm³/mol. The Labute approximate surface area is 131 Å². The molecule has 2 rings (SSSR count). The van der Waals surface area contributed by atoms with E-state index < -0.39 is 0 Å². The minimum absolute atomic E-state index is 0.235. The van der Waals surface area contributed by atoms with Crippen molar-refractivity contribution in [1.29, 1.82) is 0 Å². The summed E-state index contributed by atoms with van der Waals surface area (Å²) in [7, 11) is 2.74. The molecule has 0 aliphatic carbocycles. The second-order valence-electron chi connectivity index (χ2n) is 4.54. The summed E-state index contributed by atoms with van der Waals surface area (Å²) in [6.07, 6.45) is 2.75. The van der Waals surface area contributed by atoms with E-state index in [1.165, 1.54) is 14.2 Å². The topological polar surface area (TPSA) is 57.5 Å². The number of carbonyl (C=O) groups is 2. The first-order valence-corrected chi connectivity index (χ1v) is 7.30. The molecule has 0 atom stereocenters. The van der Waals surface area contributed by atoms with Crippen molar-refractivity contribution in [3.8, 4) is 0 Å². The van der Waals surface area contributed by atoms with E-state index in [1.54, 1.807) is 6.20 Å². The summed E-state index contributed by atoms with van der Waals surface area (Å²) in [5.74, 6) is -0.612. The zero-order valence-electron chi connectivity index (χ0n) is 11.9. The lowest BCUT2D eigenvalue weighted by Crippen LogP contribution is -2.04. The van der Waals surface area contributed by atoms with Crippen molar-refractivity contribution >= 4 is 38.8 Å². The second-order valence-corrected chi connectivity index (χ2v) is 5.40. The highest BCUT2D eigenvalue weighted by molar-refractivity contribution is 9.10. The largest absolute Gasteiger partial charge is 0.469 e. The molecule has 0 fully saturated rings. The maximum absolute atomic E-state index is 11.9. The van der Waals surface area contributed by atoms with Crippen LogP contribution in [0.2, 0.25) is 0 Å². The molecule has 6 heteroatoms. The lowest BCUT2D eigenvalue weighted by atomic mass is 10.2. The van der Waals surface area contributed by atoms with E-state index in [-0.39, 0.29) is 11.9 Å². The second kappa shape index (κ2) is 6.76. The SMILES string of the molecule is COC(=O)CCCn1cc(C(=O)OC)c2c(Br)cccc21. The number of benzene rings is 1. The number of ether oxygens (including phenoxy) is 2. The number of aromatic nitrogens is 1. The molecule has 0 N–H and O–H groups in total. The van der Waals surface area contributed by atoms with Gasteiger partial charge in [-0.2, -0.15) is 0 Å². The summed E-state index contributed by atoms with van der Waals surface area (Å²) in [5.41, 5.74) is 1.44. The first kappa shape index (κ1) is 15.6. The molecular weight excluding hydrogens is 338 g/mol. The van der Waals surface area contributed by atoms with Crippen LogP contribution in [0.15, 0.2) is 28.9 Å². The fraction of sp³-hybridized carbons (Fsp3) is 0.333. The summed E-state index contributed by atoms with van der Waals surface area (Å²) in [4.78, 5) is 23.1. The Kier molecular flexibility index (Phi) is 5.01. The number of carbonyl (C=O) groups excluding carboxylic acids is 2. The van der Waals surface area contributed by atoms with Crippen LogP contribution in [0.5, 0.6) is 0 Å². The third kappa shape index (κ3) is 3.26. The quantitative estimate of drug-likeness (QED) is 0.774. The lowest BCUT2D eigenvalue weighted by molar-refractivity contribution is -0.140. The van der Waals surface area contributed by atoms with Crippen molar-refractivity contribution in [3.05, 3.63) is 34.4 Å². The van der Waals surface area contributed by atoms with Gasteiger partial charge in [0.15, 0.2) is 0 Å². The molecule has 0 radical (unpaired) electrons. The Balaban J connectivity index is 2.34. The number of fused-ring (bicyclic) bond motifs is 1. The van der Waals surface area contributed by atoms with Crippen LogP contribution in [0.4, 0.5) is 0 Å². The number of nitrogens with zero attached hydrogens (tertiary/aromatic N) is 1. The van der Waals surface area contributed by atoms with Crippen LogP contribution in [0.25, 0.3) is 10.9 Å². The molecule has 2 aromatic rings. The fourth-order valence-electron chi connectivity index (χ4n) is 2.25. The molecule has 0 aliphatic heterocycles. The first-order chi connectivity index (χ1) is 10.1. The van der Waals surface area contributed by atoms with E-state index in [0.717, 1.165) is 15.4 Å². The van der Waals surface area contributed by atoms with Crippen LogP contribution in [0, 0.1) is 0 Å². The molecule has 0 saturated heterocycles. The predicted octanol–water partition coefficient (Wildman–Crippen LogP) is 3.14. The van der Waals surface area contributed by atoms with E-state index in [9.17, 15) is 9.59 Å². The van der Waals surface area contributed by atoms with Gasteiger partial charge in [-0.1, -0.05) is 22.0 Å². The summed E-state index contributed by atoms with van der Waals surface area (Å²) in [6, 6.07) is 5.72. The van der Waals surface area contributed by atoms with Crippen LogP contribution >= 0.6 is 15.9 Å². The van der Waals surface area contributed by atoms with Crippen LogP contribution in [0.3, 0.4) is 0 Å². The minimum Gasteiger partial charge on any atom is -0.469 e. The van der Waals surface area contributed by atoms with Gasteiger partial charge in [0, 0.05) is 29.0 Å². The third-order valence-corrected chi connectivity index (χ3v) is 3.93. The molecule has 0 amide bonds. The smallest absolute Gasteiger partial charge is 0.340 e. The third-order valence-electron chi connectivity index (χ3n) is 3.27. The van der Waals surface area contributed by atoms with Gasteiger partial charge in [0.25, 0.3) is 0 Å². The molecule has 5 nitrogen and oxygen atoms in total. The zero-order chi connectivity index (χ0) is 15.4. The highest BCUT2D eigenvalue weighted by atomic mass is 79.9. The van der Waals surface area contributed by atoms with E-state index in [1.807, 2.05) is 22.8 Å². The monoisotopic (exact) mass is 353 g/mol. The minimum atomic E-state index is -0.376. The number of esters is 2. The number of halogens is 1. The summed E-state index contributed by atoms with van der Waals surface area (Å²) in [6.45, 7) is 0.624. The number of aryl methyl sites for hydroxylation is 1. The number of methoxy groups -OCH3 is 2. The van der Waals surface area contributed by atoms with Gasteiger partial charge < -0.3 is 14.0 Å².